The monoisotopic (exact) mass is 239 g/mol. The smallest absolute Gasteiger partial charge is 0.235 e. The SMILES string of the molecule is COc1ccc(F)c(C2(N=C=O)CCC2)c1F. The molecule has 0 heterocycles. The lowest BCUT2D eigenvalue weighted by molar-refractivity contribution is 0.235. The standard InChI is InChI=1S/C12H11F2NO2/c1-17-9-4-3-8(13)10(11(9)14)12(15-7-16)5-2-6-12/h3-4H,2,5-6H2,1H3. The van der Waals surface area contributed by atoms with Crippen LogP contribution in [0.15, 0.2) is 17.1 Å². The van der Waals surface area contributed by atoms with Crippen LogP contribution < -0.4 is 4.74 Å². The van der Waals surface area contributed by atoms with Gasteiger partial charge in [0.1, 0.15) is 11.4 Å². The molecule has 0 bridgehead atoms. The van der Waals surface area contributed by atoms with Gasteiger partial charge >= 0.3 is 0 Å². The Morgan fingerprint density at radius 1 is 1.41 bits per heavy atom. The predicted molar refractivity (Wildman–Crippen MR) is 56.6 cm³/mol. The minimum absolute atomic E-state index is 0.0474. The molecule has 1 fully saturated rings. The third kappa shape index (κ3) is 1.72. The molecule has 5 heteroatoms. The Kier molecular flexibility index (Phi) is 2.94. The van der Waals surface area contributed by atoms with Gasteiger partial charge in [-0.25, -0.2) is 13.6 Å². The third-order valence-corrected chi connectivity index (χ3v) is 3.18. The molecule has 0 aliphatic heterocycles. The number of nitrogens with zero attached hydrogens (tertiary/aromatic N) is 1. The maximum absolute atomic E-state index is 14.0. The van der Waals surface area contributed by atoms with Gasteiger partial charge in [0.05, 0.1) is 12.7 Å². The highest BCUT2D eigenvalue weighted by Gasteiger charge is 2.43. The van der Waals surface area contributed by atoms with Crippen molar-refractivity contribution in [1.29, 1.82) is 0 Å². The summed E-state index contributed by atoms with van der Waals surface area (Å²) in [5.74, 6) is -1.54. The summed E-state index contributed by atoms with van der Waals surface area (Å²) in [5, 5.41) is 0. The Morgan fingerprint density at radius 3 is 2.59 bits per heavy atom. The van der Waals surface area contributed by atoms with Gasteiger partial charge in [-0.15, -0.1) is 0 Å². The Hall–Kier alpha value is -1.74. The van der Waals surface area contributed by atoms with Crippen molar-refractivity contribution in [3.05, 3.63) is 29.3 Å². The van der Waals surface area contributed by atoms with Gasteiger partial charge in [0, 0.05) is 0 Å². The van der Waals surface area contributed by atoms with Gasteiger partial charge in [0.2, 0.25) is 6.08 Å². The molecule has 3 nitrogen and oxygen atoms in total. The van der Waals surface area contributed by atoms with Crippen molar-refractivity contribution in [1.82, 2.24) is 0 Å². The lowest BCUT2D eigenvalue weighted by Gasteiger charge is -2.37. The predicted octanol–water partition coefficient (Wildman–Crippen LogP) is 2.69. The highest BCUT2D eigenvalue weighted by Crippen LogP contribution is 2.47. The van der Waals surface area contributed by atoms with Gasteiger partial charge in [-0.05, 0) is 31.4 Å². The number of halogens is 2. The molecule has 1 saturated carbocycles. The minimum atomic E-state index is -1.09. The van der Waals surface area contributed by atoms with Crippen molar-refractivity contribution in [2.45, 2.75) is 24.8 Å². The van der Waals surface area contributed by atoms with Crippen molar-refractivity contribution in [3.63, 3.8) is 0 Å². The topological polar surface area (TPSA) is 38.7 Å². The first-order valence-electron chi connectivity index (χ1n) is 5.26. The molecule has 0 N–H and O–H groups in total. The molecule has 0 unspecified atom stereocenters. The van der Waals surface area contributed by atoms with Gasteiger partial charge in [0.25, 0.3) is 0 Å². The number of ether oxygens (including phenoxy) is 1. The maximum atomic E-state index is 14.0. The summed E-state index contributed by atoms with van der Waals surface area (Å²) >= 11 is 0. The van der Waals surface area contributed by atoms with Crippen LogP contribution in [0, 0.1) is 11.6 Å². The molecule has 90 valence electrons. The molecule has 1 aliphatic rings. The molecule has 1 aromatic carbocycles. The van der Waals surface area contributed by atoms with E-state index in [1.54, 1.807) is 0 Å². The first-order valence-corrected chi connectivity index (χ1v) is 5.26. The van der Waals surface area contributed by atoms with E-state index in [0.29, 0.717) is 12.8 Å². The zero-order valence-corrected chi connectivity index (χ0v) is 9.30. The second kappa shape index (κ2) is 4.26. The zero-order chi connectivity index (χ0) is 12.5. The van der Waals surface area contributed by atoms with Crippen LogP contribution in [0.3, 0.4) is 0 Å². The molecule has 0 saturated heterocycles. The first-order chi connectivity index (χ1) is 8.14. The number of hydrogen-bond donors (Lipinski definition) is 0. The molecule has 0 spiro atoms. The number of carbonyl (C=O) groups excluding carboxylic acids is 1. The van der Waals surface area contributed by atoms with E-state index in [0.717, 1.165) is 12.5 Å². The second-order valence-electron chi connectivity index (χ2n) is 4.03. The molecule has 2 rings (SSSR count). The summed E-state index contributed by atoms with van der Waals surface area (Å²) in [5.41, 5.74) is -1.28. The zero-order valence-electron chi connectivity index (χ0n) is 9.30. The molecule has 0 aromatic heterocycles. The third-order valence-electron chi connectivity index (χ3n) is 3.18. The van der Waals surface area contributed by atoms with E-state index in [2.05, 4.69) is 4.99 Å². The first kappa shape index (κ1) is 11.7. The van der Waals surface area contributed by atoms with Crippen molar-refractivity contribution < 1.29 is 18.3 Å². The number of hydrogen-bond acceptors (Lipinski definition) is 3. The van der Waals surface area contributed by atoms with E-state index < -0.39 is 17.2 Å². The number of isocyanates is 1. The molecule has 0 amide bonds. The number of aliphatic imine (C=N–C) groups is 1. The summed E-state index contributed by atoms with van der Waals surface area (Å²) < 4.78 is 32.5. The van der Waals surface area contributed by atoms with E-state index in [1.165, 1.54) is 19.3 Å². The van der Waals surface area contributed by atoms with Gasteiger partial charge in [-0.2, -0.15) is 4.99 Å². The number of rotatable bonds is 3. The van der Waals surface area contributed by atoms with E-state index in [-0.39, 0.29) is 11.3 Å². The quantitative estimate of drug-likeness (QED) is 0.600. The number of methoxy groups -OCH3 is 1. The Balaban J connectivity index is 2.61. The van der Waals surface area contributed by atoms with Crippen molar-refractivity contribution in [2.24, 2.45) is 4.99 Å². The van der Waals surface area contributed by atoms with Crippen LogP contribution in [0.2, 0.25) is 0 Å². The Bertz CT molecular complexity index is 492. The molecule has 0 atom stereocenters. The lowest BCUT2D eigenvalue weighted by atomic mass is 9.72. The van der Waals surface area contributed by atoms with Crippen LogP contribution in [0.1, 0.15) is 24.8 Å². The lowest BCUT2D eigenvalue weighted by Crippen LogP contribution is -2.34. The van der Waals surface area contributed by atoms with E-state index in [1.807, 2.05) is 0 Å². The van der Waals surface area contributed by atoms with Crippen molar-refractivity contribution >= 4 is 6.08 Å². The van der Waals surface area contributed by atoms with Gasteiger partial charge in [-0.1, -0.05) is 0 Å². The van der Waals surface area contributed by atoms with Crippen molar-refractivity contribution in [2.75, 3.05) is 7.11 Å². The Morgan fingerprint density at radius 2 is 2.12 bits per heavy atom. The molecule has 0 radical (unpaired) electrons. The average molecular weight is 239 g/mol. The van der Waals surface area contributed by atoms with E-state index >= 15 is 0 Å². The number of benzene rings is 1. The summed E-state index contributed by atoms with van der Waals surface area (Å²) in [7, 11) is 1.30. The van der Waals surface area contributed by atoms with Crippen LogP contribution in [0.25, 0.3) is 0 Å². The van der Waals surface area contributed by atoms with E-state index in [4.69, 9.17) is 4.74 Å². The molecule has 17 heavy (non-hydrogen) atoms. The summed E-state index contributed by atoms with van der Waals surface area (Å²) in [4.78, 5) is 14.0. The summed E-state index contributed by atoms with van der Waals surface area (Å²) in [6, 6.07) is 2.34. The molecular weight excluding hydrogens is 228 g/mol. The average Bonchev–Trinajstić information content (AvgIpc) is 2.26. The maximum Gasteiger partial charge on any atom is 0.235 e. The Labute approximate surface area is 97.1 Å². The summed E-state index contributed by atoms with van der Waals surface area (Å²) in [6.45, 7) is 0. The fourth-order valence-corrected chi connectivity index (χ4v) is 2.13. The molecule has 1 aromatic rings. The highest BCUT2D eigenvalue weighted by molar-refractivity contribution is 5.43. The molecular formula is C12H11F2NO2. The largest absolute Gasteiger partial charge is 0.494 e. The van der Waals surface area contributed by atoms with Gasteiger partial charge in [-0.3, -0.25) is 0 Å². The van der Waals surface area contributed by atoms with Crippen LogP contribution in [0.4, 0.5) is 8.78 Å². The normalized spacial score (nSPS) is 16.9. The molecule has 1 aliphatic carbocycles. The van der Waals surface area contributed by atoms with Crippen LogP contribution >= 0.6 is 0 Å². The van der Waals surface area contributed by atoms with Crippen LogP contribution in [0.5, 0.6) is 5.75 Å². The fourth-order valence-electron chi connectivity index (χ4n) is 2.13. The van der Waals surface area contributed by atoms with Crippen LogP contribution in [-0.2, 0) is 10.3 Å². The van der Waals surface area contributed by atoms with E-state index in [9.17, 15) is 13.6 Å². The van der Waals surface area contributed by atoms with Crippen molar-refractivity contribution in [3.8, 4) is 5.75 Å². The summed E-state index contributed by atoms with van der Waals surface area (Å²) in [6.07, 6.45) is 3.08. The minimum Gasteiger partial charge on any atom is -0.494 e. The van der Waals surface area contributed by atoms with Crippen LogP contribution in [-0.4, -0.2) is 13.2 Å². The second-order valence-corrected chi connectivity index (χ2v) is 4.03. The highest BCUT2D eigenvalue weighted by atomic mass is 19.1. The fraction of sp³-hybridized carbons (Fsp3) is 0.417. The van der Waals surface area contributed by atoms with Gasteiger partial charge < -0.3 is 4.74 Å². The van der Waals surface area contributed by atoms with Gasteiger partial charge in [0.15, 0.2) is 11.6 Å².